The number of carbonyl (C=O) groups excluding carboxylic acids is 1. The summed E-state index contributed by atoms with van der Waals surface area (Å²) in [6.45, 7) is 0.618. The molecule has 3 aromatic rings. The highest BCUT2D eigenvalue weighted by Gasteiger charge is 2.32. The number of H-pyrrole nitrogens is 1. The molecule has 4 rings (SSSR count). The smallest absolute Gasteiger partial charge is 0.243 e. The Labute approximate surface area is 156 Å². The summed E-state index contributed by atoms with van der Waals surface area (Å²) < 4.78 is 27.4. The number of anilines is 1. The van der Waals surface area contributed by atoms with Crippen LogP contribution in [0.2, 0.25) is 0 Å². The zero-order valence-corrected chi connectivity index (χ0v) is 15.3. The third kappa shape index (κ3) is 3.56. The number of rotatable bonds is 4. The van der Waals surface area contributed by atoms with Crippen LogP contribution >= 0.6 is 0 Å². The molecule has 1 fully saturated rings. The molecule has 2 heterocycles. The van der Waals surface area contributed by atoms with Crippen molar-refractivity contribution in [3.63, 3.8) is 0 Å². The summed E-state index contributed by atoms with van der Waals surface area (Å²) in [6, 6.07) is 12.8. The number of aromatic amines is 1. The fourth-order valence-corrected chi connectivity index (χ4v) is 4.83. The summed E-state index contributed by atoms with van der Waals surface area (Å²) in [5.41, 5.74) is 0. The summed E-state index contributed by atoms with van der Waals surface area (Å²) in [4.78, 5) is 16.4. The number of carbonyl (C=O) groups is 1. The third-order valence-corrected chi connectivity index (χ3v) is 6.73. The van der Waals surface area contributed by atoms with Crippen molar-refractivity contribution in [2.24, 2.45) is 5.92 Å². The van der Waals surface area contributed by atoms with Crippen LogP contribution in [0.15, 0.2) is 53.7 Å². The van der Waals surface area contributed by atoms with Crippen LogP contribution in [0.3, 0.4) is 0 Å². The molecular weight excluding hydrogens is 366 g/mol. The Morgan fingerprint density at radius 1 is 1.11 bits per heavy atom. The van der Waals surface area contributed by atoms with Crippen molar-refractivity contribution in [1.29, 1.82) is 0 Å². The van der Waals surface area contributed by atoms with Crippen LogP contribution in [-0.2, 0) is 14.8 Å². The molecule has 27 heavy (non-hydrogen) atoms. The highest BCUT2D eigenvalue weighted by atomic mass is 32.2. The van der Waals surface area contributed by atoms with Crippen molar-refractivity contribution in [3.05, 3.63) is 48.8 Å². The van der Waals surface area contributed by atoms with Gasteiger partial charge < -0.3 is 0 Å². The molecule has 8 nitrogen and oxygen atoms in total. The maximum Gasteiger partial charge on any atom is 0.243 e. The number of sulfonamides is 1. The number of nitrogens with one attached hydrogen (secondary N) is 2. The zero-order valence-electron chi connectivity index (χ0n) is 14.5. The summed E-state index contributed by atoms with van der Waals surface area (Å²) in [5, 5.41) is 10.8. The molecule has 0 saturated carbocycles. The second-order valence-electron chi connectivity index (χ2n) is 6.51. The highest BCUT2D eigenvalue weighted by Crippen LogP contribution is 2.26. The van der Waals surface area contributed by atoms with Crippen LogP contribution in [0.1, 0.15) is 12.8 Å². The van der Waals surface area contributed by atoms with Gasteiger partial charge in [0.25, 0.3) is 0 Å². The number of amides is 1. The lowest BCUT2D eigenvalue weighted by atomic mass is 9.97. The van der Waals surface area contributed by atoms with E-state index in [1.165, 1.54) is 10.6 Å². The van der Waals surface area contributed by atoms with E-state index < -0.39 is 10.0 Å². The van der Waals surface area contributed by atoms with Crippen LogP contribution in [0, 0.1) is 5.92 Å². The first-order valence-corrected chi connectivity index (χ1v) is 10.1. The molecule has 1 saturated heterocycles. The van der Waals surface area contributed by atoms with Gasteiger partial charge in [-0.05, 0) is 35.7 Å². The molecule has 0 spiro atoms. The maximum atomic E-state index is 13.0. The lowest BCUT2D eigenvalue weighted by Crippen LogP contribution is -2.41. The van der Waals surface area contributed by atoms with Crippen molar-refractivity contribution < 1.29 is 13.2 Å². The first kappa shape index (κ1) is 17.6. The predicted octanol–water partition coefficient (Wildman–Crippen LogP) is 2.00. The number of aromatic nitrogens is 3. The molecule has 0 radical (unpaired) electrons. The van der Waals surface area contributed by atoms with Crippen molar-refractivity contribution in [2.45, 2.75) is 17.7 Å². The van der Waals surface area contributed by atoms with E-state index in [9.17, 15) is 13.2 Å². The van der Waals surface area contributed by atoms with E-state index in [-0.39, 0.29) is 16.7 Å². The monoisotopic (exact) mass is 385 g/mol. The number of benzene rings is 2. The standard InChI is InChI=1S/C18H19N5O3S/c24-17(21-18-19-12-20-22-18)14-7-9-23(10-8-14)27(25,26)16-6-5-13-3-1-2-4-15(13)11-16/h1-6,11-12,14H,7-10H2,(H2,19,20,21,22,24). The van der Waals surface area contributed by atoms with Gasteiger partial charge in [0.05, 0.1) is 4.90 Å². The van der Waals surface area contributed by atoms with Crippen LogP contribution in [0.4, 0.5) is 5.95 Å². The number of hydrogen-bond acceptors (Lipinski definition) is 5. The number of nitrogens with zero attached hydrogens (tertiary/aromatic N) is 3. The molecule has 1 aromatic heterocycles. The van der Waals surface area contributed by atoms with E-state index in [1.54, 1.807) is 12.1 Å². The van der Waals surface area contributed by atoms with Gasteiger partial charge in [-0.2, -0.15) is 14.4 Å². The third-order valence-electron chi connectivity index (χ3n) is 4.84. The molecule has 0 unspecified atom stereocenters. The summed E-state index contributed by atoms with van der Waals surface area (Å²) in [6.07, 6.45) is 2.24. The predicted molar refractivity (Wildman–Crippen MR) is 100 cm³/mol. The highest BCUT2D eigenvalue weighted by molar-refractivity contribution is 7.89. The molecule has 0 atom stereocenters. The molecule has 1 aliphatic heterocycles. The van der Waals surface area contributed by atoms with Gasteiger partial charge in [-0.1, -0.05) is 30.3 Å². The topological polar surface area (TPSA) is 108 Å². The minimum Gasteiger partial charge on any atom is -0.295 e. The van der Waals surface area contributed by atoms with Crippen LogP contribution in [0.25, 0.3) is 10.8 Å². The number of fused-ring (bicyclic) bond motifs is 1. The maximum absolute atomic E-state index is 13.0. The molecule has 0 bridgehead atoms. The molecule has 2 aromatic carbocycles. The Morgan fingerprint density at radius 2 is 1.85 bits per heavy atom. The van der Waals surface area contributed by atoms with Crippen LogP contribution < -0.4 is 5.32 Å². The van der Waals surface area contributed by atoms with E-state index in [0.29, 0.717) is 31.9 Å². The second-order valence-corrected chi connectivity index (χ2v) is 8.45. The Balaban J connectivity index is 1.45. The SMILES string of the molecule is O=C(Nc1ncn[nH]1)C1CCN(S(=O)(=O)c2ccc3ccccc3c2)CC1. The zero-order chi connectivity index (χ0) is 18.9. The van der Waals surface area contributed by atoms with Crippen molar-refractivity contribution in [1.82, 2.24) is 19.5 Å². The first-order chi connectivity index (χ1) is 13.0. The van der Waals surface area contributed by atoms with E-state index in [0.717, 1.165) is 10.8 Å². The van der Waals surface area contributed by atoms with Crippen LogP contribution in [0.5, 0.6) is 0 Å². The Kier molecular flexibility index (Phi) is 4.63. The van der Waals surface area contributed by atoms with Gasteiger partial charge in [-0.3, -0.25) is 10.1 Å². The lowest BCUT2D eigenvalue weighted by Gasteiger charge is -2.30. The Morgan fingerprint density at radius 3 is 2.56 bits per heavy atom. The largest absolute Gasteiger partial charge is 0.295 e. The van der Waals surface area contributed by atoms with Crippen molar-refractivity contribution in [3.8, 4) is 0 Å². The Bertz CT molecular complexity index is 1060. The van der Waals surface area contributed by atoms with Crippen LogP contribution in [-0.4, -0.2) is 46.9 Å². The molecule has 9 heteroatoms. The molecule has 0 aliphatic carbocycles. The second kappa shape index (κ2) is 7.09. The summed E-state index contributed by atoms with van der Waals surface area (Å²) in [7, 11) is -3.58. The van der Waals surface area contributed by atoms with Gasteiger partial charge in [0.1, 0.15) is 6.33 Å². The van der Waals surface area contributed by atoms with E-state index in [4.69, 9.17) is 0 Å². The van der Waals surface area contributed by atoms with Crippen molar-refractivity contribution >= 4 is 32.7 Å². The summed E-state index contributed by atoms with van der Waals surface area (Å²) in [5.74, 6) is -0.126. The van der Waals surface area contributed by atoms with Gasteiger partial charge in [0.15, 0.2) is 0 Å². The van der Waals surface area contributed by atoms with E-state index in [2.05, 4.69) is 20.5 Å². The van der Waals surface area contributed by atoms with E-state index >= 15 is 0 Å². The average molecular weight is 385 g/mol. The van der Waals surface area contributed by atoms with Gasteiger partial charge in [0, 0.05) is 19.0 Å². The number of hydrogen-bond donors (Lipinski definition) is 2. The van der Waals surface area contributed by atoms with Gasteiger partial charge in [0.2, 0.25) is 21.9 Å². The molecular formula is C18H19N5O3S. The van der Waals surface area contributed by atoms with Gasteiger partial charge >= 0.3 is 0 Å². The molecule has 140 valence electrons. The minimum atomic E-state index is -3.58. The van der Waals surface area contributed by atoms with Gasteiger partial charge in [-0.25, -0.2) is 13.5 Å². The summed E-state index contributed by atoms with van der Waals surface area (Å²) >= 11 is 0. The van der Waals surface area contributed by atoms with Crippen molar-refractivity contribution in [2.75, 3.05) is 18.4 Å². The first-order valence-electron chi connectivity index (χ1n) is 8.69. The Hall–Kier alpha value is -2.78. The molecule has 1 aliphatic rings. The van der Waals surface area contributed by atoms with Gasteiger partial charge in [-0.15, -0.1) is 0 Å². The fraction of sp³-hybridized carbons (Fsp3) is 0.278. The molecule has 2 N–H and O–H groups in total. The minimum absolute atomic E-state index is 0.172. The number of piperidine rings is 1. The normalized spacial score (nSPS) is 16.4. The quantitative estimate of drug-likeness (QED) is 0.714. The lowest BCUT2D eigenvalue weighted by molar-refractivity contribution is -0.121. The average Bonchev–Trinajstić information content (AvgIpc) is 3.20. The van der Waals surface area contributed by atoms with E-state index in [1.807, 2.05) is 30.3 Å². The molecule has 1 amide bonds. The fourth-order valence-electron chi connectivity index (χ4n) is 3.32.